The molecule has 242 valence electrons. The van der Waals surface area contributed by atoms with Gasteiger partial charge >= 0.3 is 0 Å². The highest BCUT2D eigenvalue weighted by atomic mass is 32.1. The second-order valence-corrected chi connectivity index (χ2v) is 12.2. The van der Waals surface area contributed by atoms with Gasteiger partial charge in [0.05, 0.1) is 42.0 Å². The van der Waals surface area contributed by atoms with Crippen molar-refractivity contribution in [2.75, 3.05) is 13.7 Å². The average Bonchev–Trinajstić information content (AvgIpc) is 2.99. The summed E-state index contributed by atoms with van der Waals surface area (Å²) in [7, 11) is 1.34. The van der Waals surface area contributed by atoms with Gasteiger partial charge in [0.15, 0.2) is 23.0 Å². The second kappa shape index (κ2) is 12.6. The number of unbranched alkanes of at least 4 members (excludes halogenated alkanes) is 1. The minimum Gasteiger partial charge on any atom is -0.507 e. The molecule has 0 radical (unpaired) electrons. The van der Waals surface area contributed by atoms with E-state index in [1.807, 2.05) is 0 Å². The van der Waals surface area contributed by atoms with Gasteiger partial charge in [-0.2, -0.15) is 0 Å². The number of aliphatic hydroxyl groups is 2. The van der Waals surface area contributed by atoms with Gasteiger partial charge in [0.1, 0.15) is 29.0 Å². The van der Waals surface area contributed by atoms with Crippen LogP contribution in [0.25, 0.3) is 0 Å². The number of ether oxygens (including phenoxy) is 3. The van der Waals surface area contributed by atoms with Gasteiger partial charge < -0.3 is 45.3 Å². The first kappa shape index (κ1) is 32.8. The molecule has 0 spiro atoms. The number of methoxy groups -OCH3 is 1. The van der Waals surface area contributed by atoms with Gasteiger partial charge in [-0.25, -0.2) is 0 Å². The molecule has 4 unspecified atom stereocenters. The van der Waals surface area contributed by atoms with Crippen LogP contribution in [0.1, 0.15) is 95.5 Å². The first-order valence-corrected chi connectivity index (χ1v) is 15.4. The Morgan fingerprint density at radius 1 is 1.16 bits per heavy atom. The summed E-state index contributed by atoms with van der Waals surface area (Å²) >= 11 is 5.39. The lowest BCUT2D eigenvalue weighted by Gasteiger charge is -2.43. The predicted octanol–water partition coefficient (Wildman–Crippen LogP) is 2.33. The number of aromatic hydroxyl groups is 2. The largest absolute Gasteiger partial charge is 0.507 e. The van der Waals surface area contributed by atoms with Gasteiger partial charge in [-0.15, -0.1) is 0 Å². The Morgan fingerprint density at radius 3 is 2.53 bits per heavy atom. The number of fused-ring (bicyclic) bond motifs is 3. The lowest BCUT2D eigenvalue weighted by atomic mass is 9.72. The zero-order valence-corrected chi connectivity index (χ0v) is 26.3. The molecule has 0 bridgehead atoms. The van der Waals surface area contributed by atoms with Crippen molar-refractivity contribution in [2.24, 2.45) is 0 Å². The Morgan fingerprint density at radius 2 is 1.87 bits per heavy atom. The molecule has 3 aliphatic rings. The predicted molar refractivity (Wildman–Crippen MR) is 165 cm³/mol. The van der Waals surface area contributed by atoms with Crippen LogP contribution in [-0.4, -0.2) is 86.7 Å². The Hall–Kier alpha value is -3.62. The van der Waals surface area contributed by atoms with E-state index in [0.717, 1.165) is 12.8 Å². The van der Waals surface area contributed by atoms with E-state index in [1.54, 1.807) is 6.92 Å². The van der Waals surface area contributed by atoms with Crippen LogP contribution in [0.4, 0.5) is 0 Å². The lowest BCUT2D eigenvalue weighted by molar-refractivity contribution is -0.248. The van der Waals surface area contributed by atoms with Crippen LogP contribution in [0.2, 0.25) is 0 Å². The van der Waals surface area contributed by atoms with Crippen LogP contribution >= 0.6 is 12.2 Å². The van der Waals surface area contributed by atoms with Gasteiger partial charge in [-0.1, -0.05) is 25.5 Å². The molecule has 1 saturated heterocycles. The van der Waals surface area contributed by atoms with E-state index in [0.29, 0.717) is 11.7 Å². The van der Waals surface area contributed by atoms with Gasteiger partial charge in [0, 0.05) is 42.5 Å². The zero-order valence-electron chi connectivity index (χ0n) is 25.5. The fourth-order valence-corrected chi connectivity index (χ4v) is 6.62. The summed E-state index contributed by atoms with van der Waals surface area (Å²) in [4.78, 5) is 40.2. The summed E-state index contributed by atoms with van der Waals surface area (Å²) in [6.45, 7) is 5.55. The van der Waals surface area contributed by atoms with Crippen molar-refractivity contribution in [3.05, 3.63) is 51.6 Å². The first-order valence-electron chi connectivity index (χ1n) is 15.0. The summed E-state index contributed by atoms with van der Waals surface area (Å²) < 4.78 is 17.5. The van der Waals surface area contributed by atoms with Crippen molar-refractivity contribution >= 4 is 34.7 Å². The number of carbonyl (C=O) groups excluding carboxylic acids is 3. The number of ketones is 3. The van der Waals surface area contributed by atoms with Crippen LogP contribution in [0.15, 0.2) is 18.2 Å². The van der Waals surface area contributed by atoms with Crippen LogP contribution < -0.4 is 15.4 Å². The molecule has 45 heavy (non-hydrogen) atoms. The van der Waals surface area contributed by atoms with Crippen molar-refractivity contribution in [2.45, 2.75) is 89.1 Å². The molecule has 0 saturated carbocycles. The molecule has 6 atom stereocenters. The molecule has 2 aliphatic carbocycles. The number of thiocarbonyl (C=S) groups is 1. The number of Topliss-reactive ketones (excluding diaryl/α,β-unsaturated/α-hetero) is 1. The molecular weight excluding hydrogens is 604 g/mol. The third kappa shape index (κ3) is 5.79. The Bertz CT molecular complexity index is 1560. The smallest absolute Gasteiger partial charge is 0.202 e. The van der Waals surface area contributed by atoms with Crippen LogP contribution in [0.3, 0.4) is 0 Å². The summed E-state index contributed by atoms with van der Waals surface area (Å²) in [5.41, 5.74) is -3.09. The van der Waals surface area contributed by atoms with E-state index >= 15 is 0 Å². The molecule has 12 nitrogen and oxygen atoms in total. The highest BCUT2D eigenvalue weighted by molar-refractivity contribution is 7.80. The topological polar surface area (TPSA) is 184 Å². The summed E-state index contributed by atoms with van der Waals surface area (Å²) in [5.74, 6) is -3.20. The molecule has 5 rings (SSSR count). The number of hydrogen-bond donors (Lipinski definition) is 6. The fraction of sp³-hybridized carbons (Fsp3) is 0.500. The highest BCUT2D eigenvalue weighted by Crippen LogP contribution is 2.52. The fourth-order valence-electron chi connectivity index (χ4n) is 6.37. The SMILES string of the molecule is CCCCNC(=S)NC1CC(O[C@H]2C[C@](O)(C(C)=O)Cc3c(O)c4c(c(O)c32)C(=O)c2c(OC)cccc2C4=O)OC(C)C1O. The molecular formula is C32H38N2O10S. The van der Waals surface area contributed by atoms with Crippen LogP contribution in [0.5, 0.6) is 17.2 Å². The molecule has 2 aromatic rings. The maximum atomic E-state index is 13.8. The Labute approximate surface area is 265 Å². The number of carbonyl (C=O) groups is 3. The molecule has 0 aromatic heterocycles. The number of rotatable bonds is 8. The molecule has 13 heteroatoms. The summed E-state index contributed by atoms with van der Waals surface area (Å²) in [6, 6.07) is 3.86. The van der Waals surface area contributed by atoms with Crippen molar-refractivity contribution in [3.63, 3.8) is 0 Å². The third-order valence-electron chi connectivity index (χ3n) is 8.89. The standard InChI is InChI=1S/C32H38N2O10S/c1-5-6-10-33-31(45)34-18-11-21(43-14(2)26(18)36)44-20-13-32(41,15(3)35)12-17-23(20)30(40)25-24(28(17)38)27(37)16-8-7-9-19(42-4)22(16)29(25)39/h7-9,14,18,20-21,26,36,38,40-41H,5-6,10-13H2,1-4H3,(H2,33,34,45)/t14?,18?,20-,21?,26?,32-/m0/s1. The van der Waals surface area contributed by atoms with E-state index in [-0.39, 0.29) is 40.8 Å². The number of hydrogen-bond acceptors (Lipinski definition) is 11. The van der Waals surface area contributed by atoms with Crippen LogP contribution in [0, 0.1) is 0 Å². The second-order valence-electron chi connectivity index (χ2n) is 11.8. The Kier molecular flexibility index (Phi) is 9.20. The molecule has 6 N–H and O–H groups in total. The van der Waals surface area contributed by atoms with E-state index in [1.165, 1.54) is 32.2 Å². The maximum absolute atomic E-state index is 13.8. The molecule has 1 fully saturated rings. The van der Waals surface area contributed by atoms with E-state index in [4.69, 9.17) is 26.4 Å². The quantitative estimate of drug-likeness (QED) is 0.120. The number of nitrogens with one attached hydrogen (secondary N) is 2. The average molecular weight is 643 g/mol. The van der Waals surface area contributed by atoms with E-state index in [9.17, 15) is 34.8 Å². The highest BCUT2D eigenvalue weighted by Gasteiger charge is 2.49. The number of benzene rings is 2. The number of aliphatic hydroxyl groups excluding tert-OH is 1. The van der Waals surface area contributed by atoms with Gasteiger partial charge in [0.2, 0.25) is 5.78 Å². The zero-order chi connectivity index (χ0) is 32.8. The van der Waals surface area contributed by atoms with E-state index in [2.05, 4.69) is 17.6 Å². The van der Waals surface area contributed by atoms with Crippen LogP contribution in [-0.2, 0) is 20.7 Å². The minimum atomic E-state index is -2.03. The lowest BCUT2D eigenvalue weighted by Crippen LogP contribution is -2.57. The number of phenolic OH excluding ortho intramolecular Hbond substituents is 2. The molecule has 1 aliphatic heterocycles. The van der Waals surface area contributed by atoms with Gasteiger partial charge in [0.25, 0.3) is 0 Å². The molecule has 0 amide bonds. The molecule has 2 aromatic carbocycles. The monoisotopic (exact) mass is 642 g/mol. The van der Waals surface area contributed by atoms with Gasteiger partial charge in [-0.05, 0) is 38.6 Å². The van der Waals surface area contributed by atoms with Crippen molar-refractivity contribution in [1.82, 2.24) is 10.6 Å². The van der Waals surface area contributed by atoms with Gasteiger partial charge in [-0.3, -0.25) is 14.4 Å². The first-order chi connectivity index (χ1) is 21.3. The minimum absolute atomic E-state index is 0.0178. The number of phenols is 2. The van der Waals surface area contributed by atoms with Crippen molar-refractivity contribution in [1.29, 1.82) is 0 Å². The van der Waals surface area contributed by atoms with E-state index < -0.39 is 82.6 Å². The summed E-state index contributed by atoms with van der Waals surface area (Å²) in [6.07, 6.45) is -2.75. The normalized spacial score (nSPS) is 27.2. The summed E-state index contributed by atoms with van der Waals surface area (Å²) in [5, 5.41) is 51.9. The Balaban J connectivity index is 1.54. The third-order valence-corrected chi connectivity index (χ3v) is 9.15. The van der Waals surface area contributed by atoms with Crippen molar-refractivity contribution < 1.29 is 49.0 Å². The molecule has 1 heterocycles. The van der Waals surface area contributed by atoms with Crippen molar-refractivity contribution in [3.8, 4) is 17.2 Å². The maximum Gasteiger partial charge on any atom is 0.202 e.